The quantitative estimate of drug-likeness (QED) is 0.624. The first-order chi connectivity index (χ1) is 7.95. The van der Waals surface area contributed by atoms with Gasteiger partial charge in [0.05, 0.1) is 5.56 Å². The standard InChI is InChI=1S/C11H15N3O3/c1-2-8(11(14)16)17-9-4-3-6(12)5-7(9)10(13)15/h3-5,8H,2,12H2,1H3,(H2,13,15)(H2,14,16). The highest BCUT2D eigenvalue weighted by Gasteiger charge is 2.18. The highest BCUT2D eigenvalue weighted by atomic mass is 16.5. The lowest BCUT2D eigenvalue weighted by molar-refractivity contribution is -0.124. The third kappa shape index (κ3) is 3.10. The van der Waals surface area contributed by atoms with Crippen molar-refractivity contribution in [1.29, 1.82) is 0 Å². The van der Waals surface area contributed by atoms with Crippen molar-refractivity contribution < 1.29 is 14.3 Å². The highest BCUT2D eigenvalue weighted by Crippen LogP contribution is 2.22. The first kappa shape index (κ1) is 12.8. The summed E-state index contributed by atoms with van der Waals surface area (Å²) in [5.41, 5.74) is 16.4. The molecule has 0 spiro atoms. The molecule has 17 heavy (non-hydrogen) atoms. The van der Waals surface area contributed by atoms with Gasteiger partial charge in [-0.2, -0.15) is 0 Å². The maximum atomic E-state index is 11.2. The van der Waals surface area contributed by atoms with E-state index in [1.165, 1.54) is 12.1 Å². The largest absolute Gasteiger partial charge is 0.480 e. The zero-order valence-corrected chi connectivity index (χ0v) is 9.47. The average Bonchev–Trinajstić information content (AvgIpc) is 2.26. The summed E-state index contributed by atoms with van der Waals surface area (Å²) in [4.78, 5) is 22.2. The summed E-state index contributed by atoms with van der Waals surface area (Å²) in [5.74, 6) is -1.07. The van der Waals surface area contributed by atoms with Crippen LogP contribution >= 0.6 is 0 Å². The second kappa shape index (κ2) is 5.20. The van der Waals surface area contributed by atoms with Crippen molar-refractivity contribution in [3.63, 3.8) is 0 Å². The van der Waals surface area contributed by atoms with Crippen molar-refractivity contribution >= 4 is 17.5 Å². The molecule has 2 amide bonds. The molecule has 0 aliphatic rings. The maximum Gasteiger partial charge on any atom is 0.258 e. The number of primary amides is 2. The zero-order valence-electron chi connectivity index (χ0n) is 9.47. The van der Waals surface area contributed by atoms with Gasteiger partial charge in [0, 0.05) is 5.69 Å². The third-order valence-electron chi connectivity index (χ3n) is 2.23. The van der Waals surface area contributed by atoms with Gasteiger partial charge in [0.1, 0.15) is 5.75 Å². The summed E-state index contributed by atoms with van der Waals surface area (Å²) in [5, 5.41) is 0. The van der Waals surface area contributed by atoms with Gasteiger partial charge in [0.15, 0.2) is 6.10 Å². The van der Waals surface area contributed by atoms with Gasteiger partial charge in [0.2, 0.25) is 0 Å². The Bertz CT molecular complexity index is 446. The highest BCUT2D eigenvalue weighted by molar-refractivity contribution is 5.96. The Labute approximate surface area is 98.7 Å². The van der Waals surface area contributed by atoms with Gasteiger partial charge in [0.25, 0.3) is 11.8 Å². The fourth-order valence-corrected chi connectivity index (χ4v) is 1.34. The number of carbonyl (C=O) groups is 2. The molecular weight excluding hydrogens is 222 g/mol. The molecule has 1 aromatic rings. The summed E-state index contributed by atoms with van der Waals surface area (Å²) in [6, 6.07) is 4.43. The van der Waals surface area contributed by atoms with E-state index in [-0.39, 0.29) is 11.3 Å². The number of ether oxygens (including phenoxy) is 1. The molecule has 0 aliphatic carbocycles. The van der Waals surface area contributed by atoms with Crippen LogP contribution in [-0.2, 0) is 4.79 Å². The number of nitrogen functional groups attached to an aromatic ring is 1. The van der Waals surface area contributed by atoms with Gasteiger partial charge in [-0.1, -0.05) is 6.92 Å². The van der Waals surface area contributed by atoms with Gasteiger partial charge in [-0.15, -0.1) is 0 Å². The van der Waals surface area contributed by atoms with Crippen LogP contribution in [0.3, 0.4) is 0 Å². The lowest BCUT2D eigenvalue weighted by Crippen LogP contribution is -2.33. The summed E-state index contributed by atoms with van der Waals surface area (Å²) in [6.07, 6.45) is -0.394. The Morgan fingerprint density at radius 3 is 2.47 bits per heavy atom. The fraction of sp³-hybridized carbons (Fsp3) is 0.273. The molecule has 6 nitrogen and oxygen atoms in total. The molecule has 1 aromatic carbocycles. The first-order valence-corrected chi connectivity index (χ1v) is 5.11. The second-order valence-corrected chi connectivity index (χ2v) is 3.54. The van der Waals surface area contributed by atoms with Crippen molar-refractivity contribution in [3.8, 4) is 5.75 Å². The maximum absolute atomic E-state index is 11.2. The molecule has 0 bridgehead atoms. The number of nitrogens with two attached hydrogens (primary N) is 3. The Morgan fingerprint density at radius 2 is 2.00 bits per heavy atom. The van der Waals surface area contributed by atoms with Gasteiger partial charge in [-0.25, -0.2) is 0 Å². The molecule has 1 atom stereocenters. The molecule has 1 unspecified atom stereocenters. The fourth-order valence-electron chi connectivity index (χ4n) is 1.34. The number of hydrogen-bond acceptors (Lipinski definition) is 4. The molecule has 0 heterocycles. The van der Waals surface area contributed by atoms with Gasteiger partial charge in [-0.05, 0) is 24.6 Å². The Morgan fingerprint density at radius 1 is 1.35 bits per heavy atom. The molecule has 92 valence electrons. The van der Waals surface area contributed by atoms with E-state index < -0.39 is 17.9 Å². The minimum absolute atomic E-state index is 0.129. The topological polar surface area (TPSA) is 121 Å². The summed E-state index contributed by atoms with van der Waals surface area (Å²) < 4.78 is 5.34. The van der Waals surface area contributed by atoms with Gasteiger partial charge in [-0.3, -0.25) is 9.59 Å². The SMILES string of the molecule is CCC(Oc1ccc(N)cc1C(N)=O)C(N)=O. The average molecular weight is 237 g/mol. The normalized spacial score (nSPS) is 11.8. The van der Waals surface area contributed by atoms with E-state index in [0.29, 0.717) is 12.1 Å². The molecule has 0 saturated heterocycles. The molecule has 0 saturated carbocycles. The van der Waals surface area contributed by atoms with E-state index in [1.54, 1.807) is 13.0 Å². The van der Waals surface area contributed by atoms with Crippen LogP contribution in [0.15, 0.2) is 18.2 Å². The van der Waals surface area contributed by atoms with Gasteiger partial charge < -0.3 is 21.9 Å². The number of anilines is 1. The number of rotatable bonds is 5. The molecule has 0 aliphatic heterocycles. The van der Waals surface area contributed by atoms with E-state index in [1.807, 2.05) is 0 Å². The van der Waals surface area contributed by atoms with Crippen LogP contribution in [0, 0.1) is 0 Å². The Hall–Kier alpha value is -2.24. The van der Waals surface area contributed by atoms with E-state index >= 15 is 0 Å². The lowest BCUT2D eigenvalue weighted by atomic mass is 10.1. The molecular formula is C11H15N3O3. The monoisotopic (exact) mass is 237 g/mol. The van der Waals surface area contributed by atoms with E-state index in [0.717, 1.165) is 0 Å². The minimum Gasteiger partial charge on any atom is -0.480 e. The first-order valence-electron chi connectivity index (χ1n) is 5.11. The van der Waals surface area contributed by atoms with E-state index in [4.69, 9.17) is 21.9 Å². The number of amides is 2. The molecule has 0 radical (unpaired) electrons. The summed E-state index contributed by atoms with van der Waals surface area (Å²) in [7, 11) is 0. The van der Waals surface area contributed by atoms with Crippen LogP contribution in [0.5, 0.6) is 5.75 Å². The Balaban J connectivity index is 3.05. The molecule has 6 N–H and O–H groups in total. The van der Waals surface area contributed by atoms with Crippen molar-refractivity contribution in [2.45, 2.75) is 19.4 Å². The van der Waals surface area contributed by atoms with Crippen LogP contribution in [-0.4, -0.2) is 17.9 Å². The number of carbonyl (C=O) groups excluding carboxylic acids is 2. The van der Waals surface area contributed by atoms with Gasteiger partial charge >= 0.3 is 0 Å². The third-order valence-corrected chi connectivity index (χ3v) is 2.23. The van der Waals surface area contributed by atoms with Crippen LogP contribution in [0.4, 0.5) is 5.69 Å². The Kier molecular flexibility index (Phi) is 3.92. The van der Waals surface area contributed by atoms with Crippen LogP contribution in [0.25, 0.3) is 0 Å². The molecule has 0 aromatic heterocycles. The molecule has 0 fully saturated rings. The second-order valence-electron chi connectivity index (χ2n) is 3.54. The van der Waals surface area contributed by atoms with Crippen molar-refractivity contribution in [1.82, 2.24) is 0 Å². The van der Waals surface area contributed by atoms with Crippen molar-refractivity contribution in [2.24, 2.45) is 11.5 Å². The van der Waals surface area contributed by atoms with Crippen LogP contribution in [0.1, 0.15) is 23.7 Å². The smallest absolute Gasteiger partial charge is 0.258 e. The van der Waals surface area contributed by atoms with E-state index in [2.05, 4.69) is 0 Å². The van der Waals surface area contributed by atoms with Crippen LogP contribution < -0.4 is 21.9 Å². The zero-order chi connectivity index (χ0) is 13.0. The van der Waals surface area contributed by atoms with Crippen LogP contribution in [0.2, 0.25) is 0 Å². The van der Waals surface area contributed by atoms with Crippen molar-refractivity contribution in [2.75, 3.05) is 5.73 Å². The predicted molar refractivity (Wildman–Crippen MR) is 63.3 cm³/mol. The predicted octanol–water partition coefficient (Wildman–Crippen LogP) is 0.0104. The summed E-state index contributed by atoms with van der Waals surface area (Å²) >= 11 is 0. The molecule has 1 rings (SSSR count). The van der Waals surface area contributed by atoms with Crippen molar-refractivity contribution in [3.05, 3.63) is 23.8 Å². The molecule has 6 heteroatoms. The number of benzene rings is 1. The number of hydrogen-bond donors (Lipinski definition) is 3. The summed E-state index contributed by atoms with van der Waals surface area (Å²) in [6.45, 7) is 1.75. The van der Waals surface area contributed by atoms with E-state index in [9.17, 15) is 9.59 Å². The lowest BCUT2D eigenvalue weighted by Gasteiger charge is -2.16. The minimum atomic E-state index is -0.795.